The van der Waals surface area contributed by atoms with Gasteiger partial charge in [0.05, 0.1) is 6.61 Å². The normalized spacial score (nSPS) is 12.5. The van der Waals surface area contributed by atoms with Gasteiger partial charge in [-0.1, -0.05) is 0 Å². The molecular formula is C10H12BrClF2N2O2. The summed E-state index contributed by atoms with van der Waals surface area (Å²) in [5.41, 5.74) is 5.41. The van der Waals surface area contributed by atoms with Gasteiger partial charge in [-0.3, -0.25) is 4.98 Å². The maximum atomic E-state index is 13.6. The second kappa shape index (κ2) is 6.96. The third-order valence-corrected chi connectivity index (χ3v) is 2.46. The van der Waals surface area contributed by atoms with Crippen molar-refractivity contribution in [2.24, 2.45) is 5.73 Å². The van der Waals surface area contributed by atoms with E-state index in [1.54, 1.807) is 0 Å². The highest BCUT2D eigenvalue weighted by Gasteiger charge is 2.47. The summed E-state index contributed by atoms with van der Waals surface area (Å²) < 4.78 is 31.9. The van der Waals surface area contributed by atoms with E-state index < -0.39 is 17.9 Å². The number of halogens is 4. The van der Waals surface area contributed by atoms with Gasteiger partial charge in [0.25, 0.3) is 0 Å². The summed E-state index contributed by atoms with van der Waals surface area (Å²) in [4.78, 5) is 14.8. The number of ether oxygens (including phenoxy) is 1. The van der Waals surface area contributed by atoms with Crippen molar-refractivity contribution in [3.05, 3.63) is 28.5 Å². The summed E-state index contributed by atoms with van der Waals surface area (Å²) >= 11 is 3.09. The van der Waals surface area contributed by atoms with Gasteiger partial charge in [-0.2, -0.15) is 8.78 Å². The summed E-state index contributed by atoms with van der Waals surface area (Å²) in [6.45, 7) is 1.32. The molecule has 4 nitrogen and oxygen atoms in total. The lowest BCUT2D eigenvalue weighted by Gasteiger charge is -2.21. The smallest absolute Gasteiger partial charge is 0.379 e. The molecule has 0 saturated heterocycles. The Labute approximate surface area is 117 Å². The molecule has 0 spiro atoms. The first-order chi connectivity index (χ1) is 7.89. The summed E-state index contributed by atoms with van der Waals surface area (Å²) in [6, 6.07) is -0.406. The standard InChI is InChI=1S/C10H11BrF2N2O2.ClH/c1-2-17-9(16)10(12,13)8(14)6-3-7(11)5-15-4-6;/h3-5,8H,2,14H2,1H3;1H/t8-;/m0./s1. The Morgan fingerprint density at radius 1 is 1.61 bits per heavy atom. The lowest BCUT2D eigenvalue weighted by atomic mass is 10.0. The highest BCUT2D eigenvalue weighted by Crippen LogP contribution is 2.31. The van der Waals surface area contributed by atoms with Crippen LogP contribution in [0.25, 0.3) is 0 Å². The summed E-state index contributed by atoms with van der Waals surface area (Å²) in [6.07, 6.45) is 2.61. The highest BCUT2D eigenvalue weighted by atomic mass is 79.9. The van der Waals surface area contributed by atoms with Crippen LogP contribution in [0, 0.1) is 0 Å². The Morgan fingerprint density at radius 2 is 2.22 bits per heavy atom. The molecular weight excluding hydrogens is 333 g/mol. The predicted molar refractivity (Wildman–Crippen MR) is 67.7 cm³/mol. The van der Waals surface area contributed by atoms with Crippen molar-refractivity contribution in [2.75, 3.05) is 6.61 Å². The third kappa shape index (κ3) is 3.86. The second-order valence-electron chi connectivity index (χ2n) is 3.26. The first kappa shape index (κ1) is 17.2. The third-order valence-electron chi connectivity index (χ3n) is 2.02. The number of rotatable bonds is 4. The Kier molecular flexibility index (Phi) is 6.66. The average Bonchev–Trinajstić information content (AvgIpc) is 2.28. The first-order valence-electron chi connectivity index (χ1n) is 4.80. The number of esters is 1. The lowest BCUT2D eigenvalue weighted by molar-refractivity contribution is -0.174. The average molecular weight is 346 g/mol. The van der Waals surface area contributed by atoms with E-state index >= 15 is 0 Å². The number of aromatic nitrogens is 1. The van der Waals surface area contributed by atoms with E-state index in [0.29, 0.717) is 4.47 Å². The van der Waals surface area contributed by atoms with Crippen LogP contribution in [0.3, 0.4) is 0 Å². The van der Waals surface area contributed by atoms with Crippen molar-refractivity contribution in [1.82, 2.24) is 4.98 Å². The van der Waals surface area contributed by atoms with Crippen LogP contribution in [-0.2, 0) is 9.53 Å². The van der Waals surface area contributed by atoms with Gasteiger partial charge in [-0.05, 0) is 34.5 Å². The van der Waals surface area contributed by atoms with Gasteiger partial charge in [0.2, 0.25) is 0 Å². The SMILES string of the molecule is CCOC(=O)C(F)(F)[C@@H](N)c1cncc(Br)c1.Cl. The number of hydrogen-bond donors (Lipinski definition) is 1. The van der Waals surface area contributed by atoms with Crippen LogP contribution in [-0.4, -0.2) is 23.5 Å². The number of carbonyl (C=O) groups is 1. The topological polar surface area (TPSA) is 65.2 Å². The molecule has 1 heterocycles. The molecule has 18 heavy (non-hydrogen) atoms. The first-order valence-corrected chi connectivity index (χ1v) is 5.60. The predicted octanol–water partition coefficient (Wildman–Crippen LogP) is 2.46. The summed E-state index contributed by atoms with van der Waals surface area (Å²) in [5.74, 6) is -5.41. The second-order valence-corrected chi connectivity index (χ2v) is 4.17. The summed E-state index contributed by atoms with van der Waals surface area (Å²) in [7, 11) is 0. The number of hydrogen-bond acceptors (Lipinski definition) is 4. The minimum atomic E-state index is -3.78. The maximum absolute atomic E-state index is 13.6. The molecule has 0 saturated carbocycles. The molecule has 2 N–H and O–H groups in total. The van der Waals surface area contributed by atoms with Gasteiger partial charge in [0.1, 0.15) is 6.04 Å². The minimum absolute atomic E-state index is 0. The number of carbonyl (C=O) groups excluding carboxylic acids is 1. The number of pyridine rings is 1. The van der Waals surface area contributed by atoms with Crippen LogP contribution in [0.2, 0.25) is 0 Å². The maximum Gasteiger partial charge on any atom is 0.379 e. The molecule has 1 rings (SSSR count). The molecule has 0 fully saturated rings. The van der Waals surface area contributed by atoms with Crippen molar-refractivity contribution in [1.29, 1.82) is 0 Å². The van der Waals surface area contributed by atoms with Crippen molar-refractivity contribution >= 4 is 34.3 Å². The molecule has 8 heteroatoms. The van der Waals surface area contributed by atoms with Gasteiger partial charge in [0.15, 0.2) is 0 Å². The van der Waals surface area contributed by atoms with E-state index in [9.17, 15) is 13.6 Å². The van der Waals surface area contributed by atoms with Gasteiger partial charge < -0.3 is 10.5 Å². The quantitative estimate of drug-likeness (QED) is 0.851. The Bertz CT molecular complexity index is 421. The molecule has 0 amide bonds. The molecule has 1 aromatic rings. The largest absolute Gasteiger partial charge is 0.462 e. The molecule has 1 aromatic heterocycles. The van der Waals surface area contributed by atoms with E-state index in [1.165, 1.54) is 25.4 Å². The van der Waals surface area contributed by atoms with Crippen molar-refractivity contribution in [2.45, 2.75) is 18.9 Å². The molecule has 0 bridgehead atoms. The zero-order valence-electron chi connectivity index (χ0n) is 9.40. The van der Waals surface area contributed by atoms with E-state index in [4.69, 9.17) is 5.73 Å². The van der Waals surface area contributed by atoms with Gasteiger partial charge in [-0.15, -0.1) is 12.4 Å². The number of alkyl halides is 2. The van der Waals surface area contributed by atoms with Crippen LogP contribution in [0.1, 0.15) is 18.5 Å². The lowest BCUT2D eigenvalue weighted by Crippen LogP contribution is -2.41. The van der Waals surface area contributed by atoms with Crippen molar-refractivity contribution in [3.8, 4) is 0 Å². The van der Waals surface area contributed by atoms with Crippen LogP contribution >= 0.6 is 28.3 Å². The van der Waals surface area contributed by atoms with Gasteiger partial charge >= 0.3 is 11.9 Å². The Morgan fingerprint density at radius 3 is 2.72 bits per heavy atom. The molecule has 0 unspecified atom stereocenters. The number of nitrogens with zero attached hydrogens (tertiary/aromatic N) is 1. The fourth-order valence-corrected chi connectivity index (χ4v) is 1.54. The fourth-order valence-electron chi connectivity index (χ4n) is 1.16. The monoisotopic (exact) mass is 344 g/mol. The van der Waals surface area contributed by atoms with E-state index in [0.717, 1.165) is 0 Å². The van der Waals surface area contributed by atoms with Crippen LogP contribution in [0.15, 0.2) is 22.9 Å². The molecule has 0 radical (unpaired) electrons. The van der Waals surface area contributed by atoms with Gasteiger partial charge in [0, 0.05) is 16.9 Å². The molecule has 0 aromatic carbocycles. The van der Waals surface area contributed by atoms with Crippen molar-refractivity contribution < 1.29 is 18.3 Å². The fraction of sp³-hybridized carbons (Fsp3) is 0.400. The van der Waals surface area contributed by atoms with E-state index in [1.807, 2.05) is 0 Å². The zero-order chi connectivity index (χ0) is 13.1. The zero-order valence-corrected chi connectivity index (χ0v) is 11.8. The van der Waals surface area contributed by atoms with Gasteiger partial charge in [-0.25, -0.2) is 4.79 Å². The molecule has 0 aliphatic carbocycles. The van der Waals surface area contributed by atoms with Crippen LogP contribution < -0.4 is 5.73 Å². The molecule has 0 aliphatic heterocycles. The Balaban J connectivity index is 0.00000289. The molecule has 1 atom stereocenters. The van der Waals surface area contributed by atoms with Crippen LogP contribution in [0.5, 0.6) is 0 Å². The van der Waals surface area contributed by atoms with Crippen molar-refractivity contribution in [3.63, 3.8) is 0 Å². The van der Waals surface area contributed by atoms with E-state index in [-0.39, 0.29) is 24.6 Å². The minimum Gasteiger partial charge on any atom is -0.462 e. The van der Waals surface area contributed by atoms with E-state index in [2.05, 4.69) is 25.7 Å². The van der Waals surface area contributed by atoms with Crippen LogP contribution in [0.4, 0.5) is 8.78 Å². The highest BCUT2D eigenvalue weighted by molar-refractivity contribution is 9.10. The molecule has 102 valence electrons. The Hall–Kier alpha value is -0.790. The number of nitrogens with two attached hydrogens (primary N) is 1. The summed E-state index contributed by atoms with van der Waals surface area (Å²) in [5, 5.41) is 0. The molecule has 0 aliphatic rings.